The maximum atomic E-state index is 12.5. The predicted molar refractivity (Wildman–Crippen MR) is 112 cm³/mol. The molecule has 1 heterocycles. The SMILES string of the molecule is CC(C)(C)OC(=O)N[C@H](CC#Cc1ccc([N+](=O)[O-])cn1)C(=O)OCc1ccccc1. The molecule has 162 valence electrons. The molecule has 0 bridgehead atoms. The molecule has 0 aliphatic carbocycles. The number of rotatable bonds is 6. The minimum atomic E-state index is -1.07. The van der Waals surface area contributed by atoms with Crippen molar-refractivity contribution in [3.8, 4) is 11.8 Å². The first-order chi connectivity index (χ1) is 14.6. The molecule has 2 rings (SSSR count). The smallest absolute Gasteiger partial charge is 0.408 e. The number of pyridine rings is 1. The lowest BCUT2D eigenvalue weighted by molar-refractivity contribution is -0.385. The molecular weight excluding hydrogens is 402 g/mol. The average molecular weight is 425 g/mol. The Labute approximate surface area is 179 Å². The molecule has 9 nitrogen and oxygen atoms in total. The van der Waals surface area contributed by atoms with Crippen molar-refractivity contribution in [2.45, 2.75) is 45.4 Å². The third kappa shape index (κ3) is 8.53. The van der Waals surface area contributed by atoms with Crippen molar-refractivity contribution in [2.24, 2.45) is 0 Å². The largest absolute Gasteiger partial charge is 0.459 e. The molecule has 0 saturated heterocycles. The summed E-state index contributed by atoms with van der Waals surface area (Å²) >= 11 is 0. The van der Waals surface area contributed by atoms with Crippen molar-refractivity contribution in [3.05, 3.63) is 70.0 Å². The first-order valence-corrected chi connectivity index (χ1v) is 9.43. The first-order valence-electron chi connectivity index (χ1n) is 9.43. The second-order valence-electron chi connectivity index (χ2n) is 7.46. The van der Waals surface area contributed by atoms with Crippen LogP contribution < -0.4 is 5.32 Å². The highest BCUT2D eigenvalue weighted by molar-refractivity contribution is 5.81. The van der Waals surface area contributed by atoms with Crippen LogP contribution in [0.15, 0.2) is 48.7 Å². The van der Waals surface area contributed by atoms with Gasteiger partial charge in [0.1, 0.15) is 30.1 Å². The van der Waals surface area contributed by atoms with Gasteiger partial charge < -0.3 is 14.8 Å². The molecule has 0 aliphatic rings. The van der Waals surface area contributed by atoms with E-state index in [2.05, 4.69) is 22.1 Å². The fraction of sp³-hybridized carbons (Fsp3) is 0.318. The van der Waals surface area contributed by atoms with Gasteiger partial charge in [-0.3, -0.25) is 10.1 Å². The zero-order valence-corrected chi connectivity index (χ0v) is 17.5. The lowest BCUT2D eigenvalue weighted by Gasteiger charge is -2.22. The van der Waals surface area contributed by atoms with Crippen molar-refractivity contribution >= 4 is 17.7 Å². The topological polar surface area (TPSA) is 121 Å². The van der Waals surface area contributed by atoms with Gasteiger partial charge in [0.15, 0.2) is 0 Å². The quantitative estimate of drug-likeness (QED) is 0.326. The van der Waals surface area contributed by atoms with Gasteiger partial charge in [-0.25, -0.2) is 14.6 Å². The number of aromatic nitrogens is 1. The molecule has 0 spiro atoms. The Morgan fingerprint density at radius 1 is 1.19 bits per heavy atom. The van der Waals surface area contributed by atoms with Gasteiger partial charge in [-0.15, -0.1) is 0 Å². The highest BCUT2D eigenvalue weighted by Crippen LogP contribution is 2.10. The molecule has 1 atom stereocenters. The number of nitrogens with zero attached hydrogens (tertiary/aromatic N) is 2. The number of carbonyl (C=O) groups is 2. The molecule has 0 unspecified atom stereocenters. The minimum absolute atomic E-state index is 0.0451. The van der Waals surface area contributed by atoms with E-state index >= 15 is 0 Å². The van der Waals surface area contributed by atoms with Crippen LogP contribution in [0.4, 0.5) is 10.5 Å². The van der Waals surface area contributed by atoms with Crippen LogP contribution in [0.2, 0.25) is 0 Å². The van der Waals surface area contributed by atoms with E-state index in [1.165, 1.54) is 12.1 Å². The van der Waals surface area contributed by atoms with Gasteiger partial charge >= 0.3 is 12.1 Å². The van der Waals surface area contributed by atoms with Crippen LogP contribution in [0, 0.1) is 22.0 Å². The summed E-state index contributed by atoms with van der Waals surface area (Å²) in [5.74, 6) is 4.79. The summed E-state index contributed by atoms with van der Waals surface area (Å²) in [5, 5.41) is 13.2. The number of benzene rings is 1. The van der Waals surface area contributed by atoms with Crippen LogP contribution >= 0.6 is 0 Å². The van der Waals surface area contributed by atoms with Gasteiger partial charge in [0.05, 0.1) is 4.92 Å². The first kappa shape index (κ1) is 23.3. The van der Waals surface area contributed by atoms with Crippen molar-refractivity contribution in [1.29, 1.82) is 0 Å². The van der Waals surface area contributed by atoms with Crippen molar-refractivity contribution in [3.63, 3.8) is 0 Å². The highest BCUT2D eigenvalue weighted by atomic mass is 16.6. The number of hydrogen-bond donors (Lipinski definition) is 1. The molecule has 1 aromatic carbocycles. The standard InChI is InChI=1S/C22H23N3O6/c1-22(2,3)31-21(27)24-19(20(26)30-15-16-8-5-4-6-9-16)11-7-10-17-12-13-18(14-23-17)25(28)29/h4-6,8-9,12-14,19H,11,15H2,1-3H3,(H,24,27)/t19-/m1/s1. The van der Waals surface area contributed by atoms with E-state index in [4.69, 9.17) is 9.47 Å². The lowest BCUT2D eigenvalue weighted by Crippen LogP contribution is -2.44. The Hall–Kier alpha value is -3.93. The maximum absolute atomic E-state index is 12.5. The second-order valence-corrected chi connectivity index (χ2v) is 7.46. The molecule has 0 aliphatic heterocycles. The van der Waals surface area contributed by atoms with Gasteiger partial charge in [-0.05, 0) is 38.3 Å². The zero-order valence-electron chi connectivity index (χ0n) is 17.5. The summed E-state index contributed by atoms with van der Waals surface area (Å²) in [6.07, 6.45) is 0.254. The summed E-state index contributed by atoms with van der Waals surface area (Å²) in [6, 6.07) is 10.7. The molecular formula is C22H23N3O6. The highest BCUT2D eigenvalue weighted by Gasteiger charge is 2.25. The Morgan fingerprint density at radius 2 is 1.90 bits per heavy atom. The molecule has 2 aromatic rings. The van der Waals surface area contributed by atoms with Crippen LogP contribution in [-0.2, 0) is 20.9 Å². The molecule has 9 heteroatoms. The monoisotopic (exact) mass is 425 g/mol. The van der Waals surface area contributed by atoms with Gasteiger partial charge in [0.25, 0.3) is 5.69 Å². The van der Waals surface area contributed by atoms with Crippen LogP contribution in [-0.4, -0.2) is 33.6 Å². The number of esters is 1. The van der Waals surface area contributed by atoms with E-state index in [1.807, 2.05) is 30.3 Å². The zero-order chi connectivity index (χ0) is 22.9. The normalized spacial score (nSPS) is 11.5. The van der Waals surface area contributed by atoms with E-state index in [0.29, 0.717) is 5.69 Å². The molecule has 31 heavy (non-hydrogen) atoms. The van der Waals surface area contributed by atoms with E-state index < -0.39 is 28.6 Å². The van der Waals surface area contributed by atoms with E-state index in [1.54, 1.807) is 20.8 Å². The molecule has 0 saturated carbocycles. The summed E-state index contributed by atoms with van der Waals surface area (Å²) in [5.41, 5.74) is 0.198. The van der Waals surface area contributed by atoms with Crippen molar-refractivity contribution < 1.29 is 24.0 Å². The number of amides is 1. The van der Waals surface area contributed by atoms with E-state index in [9.17, 15) is 19.7 Å². The van der Waals surface area contributed by atoms with Crippen molar-refractivity contribution in [1.82, 2.24) is 10.3 Å². The minimum Gasteiger partial charge on any atom is -0.459 e. The summed E-state index contributed by atoms with van der Waals surface area (Å²) in [4.78, 5) is 38.6. The summed E-state index contributed by atoms with van der Waals surface area (Å²) in [7, 11) is 0. The van der Waals surface area contributed by atoms with Crippen LogP contribution in [0.5, 0.6) is 0 Å². The Morgan fingerprint density at radius 3 is 2.48 bits per heavy atom. The van der Waals surface area contributed by atoms with Crippen LogP contribution in [0.25, 0.3) is 0 Å². The molecule has 1 N–H and O–H groups in total. The number of hydrogen-bond acceptors (Lipinski definition) is 7. The summed E-state index contributed by atoms with van der Waals surface area (Å²) in [6.45, 7) is 5.16. The third-order valence-electron chi connectivity index (χ3n) is 3.68. The predicted octanol–water partition coefficient (Wildman–Crippen LogP) is 3.37. The number of nitrogens with one attached hydrogen (secondary N) is 1. The van der Waals surface area contributed by atoms with Gasteiger partial charge in [0.2, 0.25) is 0 Å². The Balaban J connectivity index is 2.06. The third-order valence-corrected chi connectivity index (χ3v) is 3.68. The van der Waals surface area contributed by atoms with E-state index in [0.717, 1.165) is 11.8 Å². The van der Waals surface area contributed by atoms with E-state index in [-0.39, 0.29) is 18.7 Å². The maximum Gasteiger partial charge on any atom is 0.408 e. The van der Waals surface area contributed by atoms with Gasteiger partial charge in [-0.1, -0.05) is 36.3 Å². The number of alkyl carbamates (subject to hydrolysis) is 1. The Bertz CT molecular complexity index is 972. The average Bonchev–Trinajstić information content (AvgIpc) is 2.71. The second kappa shape index (κ2) is 10.7. The lowest BCUT2D eigenvalue weighted by atomic mass is 10.2. The Kier molecular flexibility index (Phi) is 8.09. The molecule has 1 aromatic heterocycles. The number of nitro groups is 1. The molecule has 0 fully saturated rings. The van der Waals surface area contributed by atoms with Gasteiger partial charge in [0, 0.05) is 12.5 Å². The molecule has 1 amide bonds. The van der Waals surface area contributed by atoms with Crippen LogP contribution in [0.3, 0.4) is 0 Å². The fourth-order valence-electron chi connectivity index (χ4n) is 2.28. The van der Waals surface area contributed by atoms with Crippen molar-refractivity contribution in [2.75, 3.05) is 0 Å². The summed E-state index contributed by atoms with van der Waals surface area (Å²) < 4.78 is 10.5. The fourth-order valence-corrected chi connectivity index (χ4v) is 2.28. The molecule has 0 radical (unpaired) electrons. The van der Waals surface area contributed by atoms with Gasteiger partial charge in [-0.2, -0.15) is 0 Å². The van der Waals surface area contributed by atoms with Crippen LogP contribution in [0.1, 0.15) is 38.4 Å². The number of ether oxygens (including phenoxy) is 2. The number of carbonyl (C=O) groups excluding carboxylic acids is 2.